The third-order valence-corrected chi connectivity index (χ3v) is 7.83. The van der Waals surface area contributed by atoms with E-state index in [1.807, 2.05) is 0 Å². The molecule has 0 bridgehead atoms. The third-order valence-electron chi connectivity index (χ3n) is 4.59. The fourth-order valence-electron chi connectivity index (χ4n) is 3.03. The quantitative estimate of drug-likeness (QED) is 0.127. The van der Waals surface area contributed by atoms with E-state index in [4.69, 9.17) is 18.9 Å². The molecule has 18 heteroatoms. The van der Waals surface area contributed by atoms with Gasteiger partial charge in [-0.2, -0.15) is 0 Å². The van der Waals surface area contributed by atoms with Gasteiger partial charge in [-0.25, -0.2) is 4.79 Å². The number of nitrogens with one attached hydrogen (secondary N) is 3. The zero-order valence-electron chi connectivity index (χ0n) is 22.1. The minimum absolute atomic E-state index is 0.0395. The highest BCUT2D eigenvalue weighted by Gasteiger charge is 2.30. The van der Waals surface area contributed by atoms with E-state index >= 15 is 0 Å². The molecule has 3 amide bonds. The van der Waals surface area contributed by atoms with Crippen molar-refractivity contribution in [3.63, 3.8) is 0 Å². The number of carboxylic acid groups (broad SMARTS) is 1. The lowest BCUT2D eigenvalue weighted by molar-refractivity contribution is -0.155. The van der Waals surface area contributed by atoms with E-state index in [2.05, 4.69) is 16.0 Å². The summed E-state index contributed by atoms with van der Waals surface area (Å²) >= 11 is 5.28. The van der Waals surface area contributed by atoms with Crippen LogP contribution in [0.15, 0.2) is 0 Å². The van der Waals surface area contributed by atoms with Crippen LogP contribution in [-0.4, -0.2) is 85.4 Å². The molecule has 0 saturated heterocycles. The summed E-state index contributed by atoms with van der Waals surface area (Å²) < 4.78 is 20.3. The van der Waals surface area contributed by atoms with E-state index < -0.39 is 54.0 Å². The normalized spacial score (nSPS) is 11.8. The molecule has 0 heterocycles. The van der Waals surface area contributed by atoms with Gasteiger partial charge in [-0.1, -0.05) is 0 Å². The Kier molecular flexibility index (Phi) is 15.5. The largest absolute Gasteiger partial charge is 0.465 e. The average Bonchev–Trinajstić information content (AvgIpc) is 2.84. The van der Waals surface area contributed by atoms with Crippen molar-refractivity contribution in [1.82, 2.24) is 10.6 Å². The van der Waals surface area contributed by atoms with Gasteiger partial charge in [-0.05, 0) is 67.8 Å². The van der Waals surface area contributed by atoms with Crippen LogP contribution in [0.4, 0.5) is 10.5 Å². The predicted octanol–water partition coefficient (Wildman–Crippen LogP) is 2.04. The number of hydrogen-bond acceptors (Lipinski definition) is 11. The van der Waals surface area contributed by atoms with E-state index in [0.29, 0.717) is 0 Å². The average molecular weight is 917 g/mol. The Hall–Kier alpha value is -2.50. The monoisotopic (exact) mass is 917 g/mol. The minimum atomic E-state index is -1.45. The molecule has 0 aliphatic rings. The van der Waals surface area contributed by atoms with Gasteiger partial charge in [0.25, 0.3) is 11.8 Å². The van der Waals surface area contributed by atoms with Gasteiger partial charge in [0, 0.05) is 31.3 Å². The van der Waals surface area contributed by atoms with Crippen LogP contribution in [0.2, 0.25) is 0 Å². The third kappa shape index (κ3) is 12.5. The molecule has 1 aromatic rings. The maximum atomic E-state index is 13.3. The van der Waals surface area contributed by atoms with Gasteiger partial charge in [-0.3, -0.25) is 34.1 Å². The second kappa shape index (κ2) is 17.5. The molecule has 41 heavy (non-hydrogen) atoms. The van der Waals surface area contributed by atoms with Crippen LogP contribution >= 0.6 is 67.8 Å². The van der Waals surface area contributed by atoms with E-state index in [0.717, 1.165) is 27.7 Å². The molecule has 0 radical (unpaired) electrons. The van der Waals surface area contributed by atoms with Crippen molar-refractivity contribution in [2.45, 2.75) is 39.9 Å². The molecular weight excluding hydrogens is 891 g/mol. The first kappa shape index (κ1) is 36.5. The van der Waals surface area contributed by atoms with Crippen molar-refractivity contribution >= 4 is 115 Å². The lowest BCUT2D eigenvalue weighted by Crippen LogP contribution is -2.40. The fraction of sp³-hybridized carbons (Fsp3) is 0.435. The summed E-state index contributed by atoms with van der Waals surface area (Å²) in [5.41, 5.74) is -0.167. The Morgan fingerprint density at radius 2 is 1.02 bits per heavy atom. The van der Waals surface area contributed by atoms with Gasteiger partial charge in [-0.15, -0.1) is 0 Å². The van der Waals surface area contributed by atoms with Crippen LogP contribution in [-0.2, 0) is 38.1 Å². The molecule has 4 N–H and O–H groups in total. The van der Waals surface area contributed by atoms with Crippen LogP contribution < -0.4 is 16.0 Å². The topological polar surface area (TPSA) is 213 Å². The second-order valence-corrected chi connectivity index (χ2v) is 11.2. The summed E-state index contributed by atoms with van der Waals surface area (Å²) in [7, 11) is 0. The zero-order valence-corrected chi connectivity index (χ0v) is 28.5. The summed E-state index contributed by atoms with van der Waals surface area (Å²) in [5, 5.41) is 16.6. The van der Waals surface area contributed by atoms with Crippen molar-refractivity contribution in [2.75, 3.05) is 31.6 Å². The highest BCUT2D eigenvalue weighted by molar-refractivity contribution is 14.1. The van der Waals surface area contributed by atoms with Gasteiger partial charge in [0.1, 0.15) is 13.2 Å². The van der Waals surface area contributed by atoms with E-state index in [1.165, 1.54) is 0 Å². The highest BCUT2D eigenvalue weighted by Crippen LogP contribution is 2.35. The number of esters is 4. The molecular formula is C23H26I3N3O12. The molecule has 2 unspecified atom stereocenters. The number of carbonyl (C=O) groups excluding carboxylic acids is 6. The number of hydrogen-bond donors (Lipinski definition) is 4. The summed E-state index contributed by atoms with van der Waals surface area (Å²) in [4.78, 5) is 83.3. The van der Waals surface area contributed by atoms with E-state index in [9.17, 15) is 38.7 Å². The van der Waals surface area contributed by atoms with Crippen molar-refractivity contribution < 1.29 is 57.6 Å². The molecule has 0 fully saturated rings. The van der Waals surface area contributed by atoms with Gasteiger partial charge < -0.3 is 34.7 Å². The molecule has 15 nitrogen and oxygen atoms in total. The first-order chi connectivity index (χ1) is 19.0. The Bertz CT molecular complexity index is 1140. The second-order valence-electron chi connectivity index (χ2n) is 7.99. The van der Waals surface area contributed by atoms with Crippen LogP contribution in [0.1, 0.15) is 48.4 Å². The SMILES string of the molecule is CC(=O)OCC(CNC(=O)c1c(I)c(NC(=O)O)c(I)c(C(=O)NCC(COC(C)=O)OC(C)=O)c1I)OC(C)=O. The fourth-order valence-corrected chi connectivity index (χ4v) is 7.44. The van der Waals surface area contributed by atoms with Gasteiger partial charge in [0.2, 0.25) is 0 Å². The summed E-state index contributed by atoms with van der Waals surface area (Å²) in [5.74, 6) is -4.10. The van der Waals surface area contributed by atoms with Gasteiger partial charge in [0.15, 0.2) is 12.2 Å². The minimum Gasteiger partial charge on any atom is -0.465 e. The maximum absolute atomic E-state index is 13.3. The first-order valence-corrected chi connectivity index (χ1v) is 14.7. The molecule has 0 aliphatic heterocycles. The lowest BCUT2D eigenvalue weighted by atomic mass is 10.1. The molecule has 1 rings (SSSR count). The summed E-state index contributed by atoms with van der Waals surface area (Å²) in [6.45, 7) is 3.41. The van der Waals surface area contributed by atoms with Gasteiger partial charge in [0.05, 0.1) is 37.0 Å². The maximum Gasteiger partial charge on any atom is 0.409 e. The van der Waals surface area contributed by atoms with Crippen molar-refractivity contribution in [3.05, 3.63) is 21.8 Å². The Morgan fingerprint density at radius 1 is 0.659 bits per heavy atom. The molecule has 0 aromatic heterocycles. The van der Waals surface area contributed by atoms with E-state index in [-0.39, 0.29) is 53.8 Å². The number of amides is 3. The smallest absolute Gasteiger partial charge is 0.409 e. The van der Waals surface area contributed by atoms with Crippen LogP contribution in [0.5, 0.6) is 0 Å². The Labute approximate surface area is 274 Å². The summed E-state index contributed by atoms with van der Waals surface area (Å²) in [6, 6.07) is 0. The van der Waals surface area contributed by atoms with E-state index in [1.54, 1.807) is 67.8 Å². The van der Waals surface area contributed by atoms with Crippen molar-refractivity contribution in [3.8, 4) is 0 Å². The number of benzene rings is 1. The number of ether oxygens (including phenoxy) is 4. The number of carbonyl (C=O) groups is 7. The van der Waals surface area contributed by atoms with Crippen LogP contribution in [0.25, 0.3) is 0 Å². The Morgan fingerprint density at radius 3 is 1.32 bits per heavy atom. The predicted molar refractivity (Wildman–Crippen MR) is 165 cm³/mol. The molecule has 1 aromatic carbocycles. The van der Waals surface area contributed by atoms with Gasteiger partial charge >= 0.3 is 30.0 Å². The molecule has 2 atom stereocenters. The number of anilines is 1. The molecule has 0 aliphatic carbocycles. The number of rotatable bonds is 13. The zero-order chi connectivity index (χ0) is 31.4. The molecule has 226 valence electrons. The lowest BCUT2D eigenvalue weighted by Gasteiger charge is -2.21. The number of halogens is 3. The Balaban J connectivity index is 3.39. The van der Waals surface area contributed by atoms with Crippen LogP contribution in [0, 0.1) is 10.7 Å². The molecule has 0 saturated carbocycles. The summed E-state index contributed by atoms with van der Waals surface area (Å²) in [6.07, 6.45) is -3.49. The molecule has 0 spiro atoms. The van der Waals surface area contributed by atoms with Crippen molar-refractivity contribution in [2.24, 2.45) is 0 Å². The van der Waals surface area contributed by atoms with Crippen molar-refractivity contribution in [1.29, 1.82) is 0 Å². The standard InChI is InChI=1S/C23H26I3N3O12/c1-9(30)38-7-13(40-11(3)32)5-27-21(34)15-17(24)16(19(26)20(18(15)25)29-23(36)37)22(35)28-6-14(41-12(4)33)8-39-10(2)31/h13-14,29H,5-8H2,1-4H3,(H,27,34)(H,28,35)(H,36,37). The first-order valence-electron chi connectivity index (χ1n) is 11.4. The highest BCUT2D eigenvalue weighted by atomic mass is 127. The van der Waals surface area contributed by atoms with Crippen LogP contribution in [0.3, 0.4) is 0 Å².